The van der Waals surface area contributed by atoms with E-state index in [0.29, 0.717) is 23.5 Å². The van der Waals surface area contributed by atoms with Crippen molar-refractivity contribution in [2.75, 3.05) is 25.6 Å². The molecule has 1 aliphatic rings. The molecule has 0 bridgehead atoms. The number of nitrogens with one attached hydrogen (secondary N) is 1. The molecule has 1 saturated heterocycles. The predicted octanol–water partition coefficient (Wildman–Crippen LogP) is 0.101. The summed E-state index contributed by atoms with van der Waals surface area (Å²) in [7, 11) is 1.64. The number of fused-ring (bicyclic) bond motifs is 1. The van der Waals surface area contributed by atoms with Gasteiger partial charge in [0.25, 0.3) is 0 Å². The molecular weight excluding hydrogens is 378 g/mol. The van der Waals surface area contributed by atoms with Crippen molar-refractivity contribution in [2.45, 2.75) is 31.0 Å². The number of hydrogen-bond acceptors (Lipinski definition) is 9. The Morgan fingerprint density at radius 2 is 1.93 bits per heavy atom. The molecule has 10 heteroatoms. The Labute approximate surface area is 166 Å². The lowest BCUT2D eigenvalue weighted by Gasteiger charge is -2.16. The number of aliphatic hydroxyl groups excluding tert-OH is 3. The van der Waals surface area contributed by atoms with Crippen LogP contribution in [0.3, 0.4) is 0 Å². The van der Waals surface area contributed by atoms with Gasteiger partial charge in [-0.15, -0.1) is 0 Å². The van der Waals surface area contributed by atoms with Gasteiger partial charge in [0.05, 0.1) is 20.0 Å². The number of nitrogens with zero attached hydrogens (tertiary/aromatic N) is 4. The molecule has 29 heavy (non-hydrogen) atoms. The van der Waals surface area contributed by atoms with Crippen LogP contribution in [0.2, 0.25) is 0 Å². The van der Waals surface area contributed by atoms with Crippen LogP contribution in [-0.4, -0.2) is 73.4 Å². The van der Waals surface area contributed by atoms with E-state index in [9.17, 15) is 15.3 Å². The van der Waals surface area contributed by atoms with Crippen LogP contribution in [0.5, 0.6) is 5.75 Å². The van der Waals surface area contributed by atoms with E-state index in [2.05, 4.69) is 20.3 Å². The van der Waals surface area contributed by atoms with Crippen molar-refractivity contribution in [3.8, 4) is 5.75 Å². The van der Waals surface area contributed by atoms with Gasteiger partial charge in [0.1, 0.15) is 30.4 Å². The Balaban J connectivity index is 1.49. The number of benzene rings is 1. The molecule has 1 fully saturated rings. The number of ether oxygens (including phenoxy) is 2. The van der Waals surface area contributed by atoms with Crippen LogP contribution >= 0.6 is 0 Å². The van der Waals surface area contributed by atoms with Gasteiger partial charge in [-0.3, -0.25) is 4.57 Å². The van der Waals surface area contributed by atoms with Crippen molar-refractivity contribution in [1.82, 2.24) is 19.5 Å². The molecule has 4 atom stereocenters. The summed E-state index contributed by atoms with van der Waals surface area (Å²) < 4.78 is 12.3. The summed E-state index contributed by atoms with van der Waals surface area (Å²) in [6.45, 7) is 0.244. The average Bonchev–Trinajstić information content (AvgIpc) is 3.30. The zero-order valence-electron chi connectivity index (χ0n) is 15.8. The Morgan fingerprint density at radius 1 is 1.14 bits per heavy atom. The Kier molecular flexibility index (Phi) is 5.58. The van der Waals surface area contributed by atoms with Crippen molar-refractivity contribution in [1.29, 1.82) is 0 Å². The van der Waals surface area contributed by atoms with Gasteiger partial charge >= 0.3 is 0 Å². The lowest BCUT2D eigenvalue weighted by molar-refractivity contribution is -0.0511. The fraction of sp³-hybridized carbons (Fsp3) is 0.421. The van der Waals surface area contributed by atoms with Crippen molar-refractivity contribution in [3.05, 3.63) is 42.5 Å². The van der Waals surface area contributed by atoms with Crippen LogP contribution in [0, 0.1) is 0 Å². The molecule has 1 aliphatic heterocycles. The van der Waals surface area contributed by atoms with Gasteiger partial charge in [0.15, 0.2) is 23.2 Å². The van der Waals surface area contributed by atoms with Crippen molar-refractivity contribution >= 4 is 17.0 Å². The highest BCUT2D eigenvalue weighted by Crippen LogP contribution is 2.32. The summed E-state index contributed by atoms with van der Waals surface area (Å²) in [6.07, 6.45) is -0.486. The number of rotatable bonds is 7. The minimum atomic E-state index is -1.20. The normalized spacial score (nSPS) is 24.1. The topological polar surface area (TPSA) is 135 Å². The molecule has 2 aromatic heterocycles. The molecule has 0 amide bonds. The summed E-state index contributed by atoms with van der Waals surface area (Å²) in [5.74, 6) is 1.38. The summed E-state index contributed by atoms with van der Waals surface area (Å²) in [6, 6.07) is 7.85. The quantitative estimate of drug-likeness (QED) is 0.435. The van der Waals surface area contributed by atoms with E-state index < -0.39 is 31.1 Å². The van der Waals surface area contributed by atoms with Crippen molar-refractivity contribution < 1.29 is 24.8 Å². The largest absolute Gasteiger partial charge is 0.497 e. The number of methoxy groups -OCH3 is 1. The first kappa shape index (κ1) is 19.5. The van der Waals surface area contributed by atoms with Crippen LogP contribution in [0.4, 0.5) is 5.82 Å². The Morgan fingerprint density at radius 3 is 2.62 bits per heavy atom. The van der Waals surface area contributed by atoms with E-state index in [-0.39, 0.29) is 0 Å². The number of aliphatic hydroxyl groups is 3. The minimum absolute atomic E-state index is 0.394. The molecule has 10 nitrogen and oxygen atoms in total. The van der Waals surface area contributed by atoms with Crippen molar-refractivity contribution in [3.63, 3.8) is 0 Å². The third kappa shape index (κ3) is 3.75. The molecular formula is C19H23N5O5. The Hall–Kier alpha value is -2.79. The lowest BCUT2D eigenvalue weighted by atomic mass is 10.1. The molecule has 4 rings (SSSR count). The smallest absolute Gasteiger partial charge is 0.167 e. The Bertz CT molecular complexity index is 963. The van der Waals surface area contributed by atoms with Crippen LogP contribution in [0.15, 0.2) is 36.9 Å². The van der Waals surface area contributed by atoms with E-state index in [1.807, 2.05) is 24.3 Å². The predicted molar refractivity (Wildman–Crippen MR) is 104 cm³/mol. The highest BCUT2D eigenvalue weighted by atomic mass is 16.6. The van der Waals surface area contributed by atoms with Gasteiger partial charge in [-0.25, -0.2) is 15.0 Å². The highest BCUT2D eigenvalue weighted by molar-refractivity contribution is 5.82. The van der Waals surface area contributed by atoms with Crippen molar-refractivity contribution in [2.24, 2.45) is 0 Å². The van der Waals surface area contributed by atoms with E-state index >= 15 is 0 Å². The molecule has 4 N–H and O–H groups in total. The number of anilines is 1. The molecule has 0 unspecified atom stereocenters. The summed E-state index contributed by atoms with van der Waals surface area (Å²) in [4.78, 5) is 12.8. The fourth-order valence-electron chi connectivity index (χ4n) is 3.39. The van der Waals surface area contributed by atoms with Gasteiger partial charge in [-0.1, -0.05) is 12.1 Å². The second kappa shape index (κ2) is 8.29. The van der Waals surface area contributed by atoms with E-state index in [4.69, 9.17) is 9.47 Å². The standard InChI is InChI=1S/C19H23N5O5/c1-28-12-4-2-11(3-5-12)6-7-20-17-14-18(22-9-21-17)24(10-23-14)19-16(27)15(26)13(8-25)29-19/h2-5,9-10,13,15-16,19,25-27H,6-8H2,1H3,(H,20,21,22)/t13-,15-,16-,19-/m1/s1. The van der Waals surface area contributed by atoms with E-state index in [0.717, 1.165) is 17.7 Å². The van der Waals surface area contributed by atoms with Crippen LogP contribution in [0.25, 0.3) is 11.2 Å². The van der Waals surface area contributed by atoms with Crippen LogP contribution in [-0.2, 0) is 11.2 Å². The van der Waals surface area contributed by atoms with Gasteiger partial charge in [0.2, 0.25) is 0 Å². The second-order valence-corrected chi connectivity index (χ2v) is 6.80. The minimum Gasteiger partial charge on any atom is -0.497 e. The summed E-state index contributed by atoms with van der Waals surface area (Å²) >= 11 is 0. The molecule has 0 spiro atoms. The van der Waals surface area contributed by atoms with Crippen LogP contribution < -0.4 is 10.1 Å². The zero-order chi connectivity index (χ0) is 20.4. The third-order valence-electron chi connectivity index (χ3n) is 5.02. The van der Waals surface area contributed by atoms with Gasteiger partial charge < -0.3 is 30.1 Å². The maximum atomic E-state index is 10.3. The molecule has 3 aromatic rings. The molecule has 0 aliphatic carbocycles. The zero-order valence-corrected chi connectivity index (χ0v) is 15.8. The maximum Gasteiger partial charge on any atom is 0.167 e. The molecule has 1 aromatic carbocycles. The number of imidazole rings is 1. The maximum absolute atomic E-state index is 10.3. The summed E-state index contributed by atoms with van der Waals surface area (Å²) in [5.41, 5.74) is 2.14. The first-order chi connectivity index (χ1) is 14.1. The highest BCUT2D eigenvalue weighted by Gasteiger charge is 2.44. The van der Waals surface area contributed by atoms with Gasteiger partial charge in [0, 0.05) is 6.54 Å². The summed E-state index contributed by atoms with van der Waals surface area (Å²) in [5, 5.41) is 32.8. The monoisotopic (exact) mass is 401 g/mol. The average molecular weight is 401 g/mol. The molecule has 0 radical (unpaired) electrons. The van der Waals surface area contributed by atoms with Gasteiger partial charge in [-0.05, 0) is 24.1 Å². The first-order valence-corrected chi connectivity index (χ1v) is 9.29. The number of aromatic nitrogens is 4. The lowest BCUT2D eigenvalue weighted by Crippen LogP contribution is -2.33. The second-order valence-electron chi connectivity index (χ2n) is 6.80. The SMILES string of the molecule is COc1ccc(CCNc2ncnc3c2ncn3[C@@H]2O[C@H](CO)[C@@H](O)[C@H]2O)cc1. The van der Waals surface area contributed by atoms with Gasteiger partial charge in [-0.2, -0.15) is 0 Å². The number of hydrogen-bond donors (Lipinski definition) is 4. The first-order valence-electron chi connectivity index (χ1n) is 9.29. The molecule has 0 saturated carbocycles. The fourth-order valence-corrected chi connectivity index (χ4v) is 3.39. The molecule has 154 valence electrons. The van der Waals surface area contributed by atoms with E-state index in [1.165, 1.54) is 17.2 Å². The van der Waals surface area contributed by atoms with E-state index in [1.54, 1.807) is 7.11 Å². The molecule has 3 heterocycles. The van der Waals surface area contributed by atoms with Crippen LogP contribution in [0.1, 0.15) is 11.8 Å². The third-order valence-corrected chi connectivity index (χ3v) is 5.02.